The van der Waals surface area contributed by atoms with Gasteiger partial charge in [-0.05, 0) is 39.2 Å². The van der Waals surface area contributed by atoms with Crippen LogP contribution in [0.25, 0.3) is 0 Å². The fraction of sp³-hybridized carbons (Fsp3) is 0.688. The zero-order valence-corrected chi connectivity index (χ0v) is 13.0. The summed E-state index contributed by atoms with van der Waals surface area (Å²) in [5, 5.41) is 3.05. The van der Waals surface area contributed by atoms with Gasteiger partial charge >= 0.3 is 6.03 Å². The molecule has 0 radical (unpaired) electrons. The van der Waals surface area contributed by atoms with Crippen molar-refractivity contribution in [2.75, 3.05) is 32.7 Å². The van der Waals surface area contributed by atoms with Crippen LogP contribution in [0, 0.1) is 5.92 Å². The minimum atomic E-state index is -0.0218. The molecule has 0 spiro atoms. The second kappa shape index (κ2) is 8.80. The van der Waals surface area contributed by atoms with Crippen LogP contribution in [0.3, 0.4) is 0 Å². The molecule has 114 valence electrons. The zero-order chi connectivity index (χ0) is 15.0. The number of carbonyl (C=O) groups is 1. The van der Waals surface area contributed by atoms with E-state index in [0.29, 0.717) is 25.0 Å². The van der Waals surface area contributed by atoms with Gasteiger partial charge in [0.1, 0.15) is 0 Å². The summed E-state index contributed by atoms with van der Waals surface area (Å²) in [5.74, 6) is 0.560. The Bertz CT molecular complexity index is 318. The Labute approximate surface area is 123 Å². The number of likely N-dealkylation sites (tertiary alicyclic amines) is 1. The fourth-order valence-electron chi connectivity index (χ4n) is 2.63. The summed E-state index contributed by atoms with van der Waals surface area (Å²) in [6.45, 7) is 16.0. The number of nitrogens with zero attached hydrogens (tertiary/aromatic N) is 2. The maximum atomic E-state index is 12.1. The van der Waals surface area contributed by atoms with Crippen LogP contribution in [0.5, 0.6) is 0 Å². The van der Waals surface area contributed by atoms with Crippen LogP contribution in [0.15, 0.2) is 25.3 Å². The van der Waals surface area contributed by atoms with Gasteiger partial charge in [-0.1, -0.05) is 12.2 Å². The Morgan fingerprint density at radius 1 is 1.40 bits per heavy atom. The Morgan fingerprint density at radius 3 is 2.60 bits per heavy atom. The fourth-order valence-corrected chi connectivity index (χ4v) is 2.63. The Hall–Kier alpha value is -1.29. The highest BCUT2D eigenvalue weighted by molar-refractivity contribution is 5.74. The van der Waals surface area contributed by atoms with Crippen LogP contribution in [-0.2, 0) is 0 Å². The third kappa shape index (κ3) is 5.37. The van der Waals surface area contributed by atoms with E-state index >= 15 is 0 Å². The summed E-state index contributed by atoms with van der Waals surface area (Å²) in [5.41, 5.74) is 0. The minimum absolute atomic E-state index is 0.0218. The van der Waals surface area contributed by atoms with Gasteiger partial charge in [-0.15, -0.1) is 13.2 Å². The van der Waals surface area contributed by atoms with Crippen molar-refractivity contribution >= 4 is 6.03 Å². The van der Waals surface area contributed by atoms with Gasteiger partial charge in [0, 0.05) is 32.2 Å². The molecule has 0 aromatic rings. The molecule has 0 aromatic heterocycles. The van der Waals surface area contributed by atoms with Gasteiger partial charge in [-0.2, -0.15) is 0 Å². The summed E-state index contributed by atoms with van der Waals surface area (Å²) in [6, 6.07) is 0.568. The molecule has 1 fully saturated rings. The van der Waals surface area contributed by atoms with E-state index in [0.717, 1.165) is 13.1 Å². The van der Waals surface area contributed by atoms with Crippen LogP contribution in [0.2, 0.25) is 0 Å². The van der Waals surface area contributed by atoms with Crippen LogP contribution in [0.4, 0.5) is 4.79 Å². The average Bonchev–Trinajstić information content (AvgIpc) is 2.45. The highest BCUT2D eigenvalue weighted by atomic mass is 16.2. The van der Waals surface area contributed by atoms with Crippen LogP contribution < -0.4 is 5.32 Å². The number of hydrogen-bond acceptors (Lipinski definition) is 2. The van der Waals surface area contributed by atoms with E-state index in [2.05, 4.69) is 37.2 Å². The monoisotopic (exact) mass is 279 g/mol. The van der Waals surface area contributed by atoms with E-state index in [1.807, 2.05) is 0 Å². The first-order valence-corrected chi connectivity index (χ1v) is 7.57. The van der Waals surface area contributed by atoms with Gasteiger partial charge < -0.3 is 15.1 Å². The molecule has 4 nitrogen and oxygen atoms in total. The lowest BCUT2D eigenvalue weighted by Crippen LogP contribution is -2.46. The van der Waals surface area contributed by atoms with Crippen LogP contribution in [-0.4, -0.2) is 54.6 Å². The maximum Gasteiger partial charge on any atom is 0.317 e. The van der Waals surface area contributed by atoms with Crippen molar-refractivity contribution in [1.29, 1.82) is 0 Å². The molecule has 1 aliphatic rings. The number of urea groups is 1. The number of piperidine rings is 1. The lowest BCUT2D eigenvalue weighted by Gasteiger charge is -2.35. The summed E-state index contributed by atoms with van der Waals surface area (Å²) < 4.78 is 0. The lowest BCUT2D eigenvalue weighted by atomic mass is 9.97. The molecule has 0 unspecified atom stereocenters. The van der Waals surface area contributed by atoms with Gasteiger partial charge in [0.2, 0.25) is 0 Å². The highest BCUT2D eigenvalue weighted by Crippen LogP contribution is 2.17. The molecule has 1 saturated heterocycles. The summed E-state index contributed by atoms with van der Waals surface area (Å²) >= 11 is 0. The molecule has 0 aliphatic carbocycles. The molecule has 2 amide bonds. The number of amides is 2. The van der Waals surface area contributed by atoms with Crippen LogP contribution >= 0.6 is 0 Å². The summed E-state index contributed by atoms with van der Waals surface area (Å²) in [4.78, 5) is 16.3. The van der Waals surface area contributed by atoms with Gasteiger partial charge in [-0.3, -0.25) is 0 Å². The van der Waals surface area contributed by atoms with E-state index in [9.17, 15) is 4.79 Å². The largest absolute Gasteiger partial charge is 0.338 e. The highest BCUT2D eigenvalue weighted by Gasteiger charge is 2.22. The van der Waals surface area contributed by atoms with Crippen molar-refractivity contribution in [2.24, 2.45) is 5.92 Å². The van der Waals surface area contributed by atoms with Gasteiger partial charge in [0.15, 0.2) is 0 Å². The second-order valence-electron chi connectivity index (χ2n) is 5.77. The molecule has 4 heteroatoms. The number of rotatable bonds is 7. The number of carbonyl (C=O) groups excluding carboxylic acids is 1. The molecule has 20 heavy (non-hydrogen) atoms. The molecule has 0 bridgehead atoms. The standard InChI is InChI=1S/C16H29N3O/c1-5-9-18(10-6-2)16(20)17-12-15-8-7-11-19(13-15)14(3)4/h5-6,14-15H,1-2,7-13H2,3-4H3,(H,17,20)/t15-/m1/s1. The Balaban J connectivity index is 2.38. The Morgan fingerprint density at radius 2 is 2.05 bits per heavy atom. The predicted octanol–water partition coefficient (Wildman–Crippen LogP) is 2.49. The first-order valence-electron chi connectivity index (χ1n) is 7.57. The van der Waals surface area contributed by atoms with Gasteiger partial charge in [0.25, 0.3) is 0 Å². The Kier molecular flexibility index (Phi) is 7.37. The topological polar surface area (TPSA) is 35.6 Å². The van der Waals surface area contributed by atoms with Crippen molar-refractivity contribution in [3.05, 3.63) is 25.3 Å². The molecule has 1 N–H and O–H groups in total. The zero-order valence-electron chi connectivity index (χ0n) is 13.0. The lowest BCUT2D eigenvalue weighted by molar-refractivity contribution is 0.137. The number of hydrogen-bond donors (Lipinski definition) is 1. The molecular weight excluding hydrogens is 250 g/mol. The third-order valence-electron chi connectivity index (χ3n) is 3.81. The predicted molar refractivity (Wildman–Crippen MR) is 84.8 cm³/mol. The summed E-state index contributed by atoms with van der Waals surface area (Å²) in [7, 11) is 0. The van der Waals surface area contributed by atoms with Crippen molar-refractivity contribution in [1.82, 2.24) is 15.1 Å². The summed E-state index contributed by atoms with van der Waals surface area (Å²) in [6.07, 6.45) is 5.91. The van der Waals surface area contributed by atoms with Crippen LogP contribution in [0.1, 0.15) is 26.7 Å². The van der Waals surface area contributed by atoms with Crippen molar-refractivity contribution in [3.8, 4) is 0 Å². The molecule has 0 aromatic carbocycles. The average molecular weight is 279 g/mol. The molecular formula is C16H29N3O. The minimum Gasteiger partial charge on any atom is -0.338 e. The normalized spacial score (nSPS) is 19.6. The first-order chi connectivity index (χ1) is 9.58. The van der Waals surface area contributed by atoms with E-state index in [4.69, 9.17) is 0 Å². The second-order valence-corrected chi connectivity index (χ2v) is 5.77. The van der Waals surface area contributed by atoms with Crippen molar-refractivity contribution in [3.63, 3.8) is 0 Å². The maximum absolute atomic E-state index is 12.1. The smallest absolute Gasteiger partial charge is 0.317 e. The number of nitrogens with one attached hydrogen (secondary N) is 1. The molecule has 1 rings (SSSR count). The molecule has 0 saturated carbocycles. The van der Waals surface area contributed by atoms with Gasteiger partial charge in [0.05, 0.1) is 0 Å². The van der Waals surface area contributed by atoms with E-state index in [-0.39, 0.29) is 6.03 Å². The van der Waals surface area contributed by atoms with Crippen molar-refractivity contribution in [2.45, 2.75) is 32.7 Å². The van der Waals surface area contributed by atoms with E-state index in [1.165, 1.54) is 19.4 Å². The quantitative estimate of drug-likeness (QED) is 0.727. The third-order valence-corrected chi connectivity index (χ3v) is 3.81. The molecule has 1 atom stereocenters. The van der Waals surface area contributed by atoms with Gasteiger partial charge in [-0.25, -0.2) is 4.79 Å². The first kappa shape index (κ1) is 16.8. The van der Waals surface area contributed by atoms with Crippen molar-refractivity contribution < 1.29 is 4.79 Å². The van der Waals surface area contributed by atoms with E-state index in [1.54, 1.807) is 17.1 Å². The van der Waals surface area contributed by atoms with E-state index < -0.39 is 0 Å². The molecule has 1 aliphatic heterocycles. The SMILES string of the molecule is C=CCN(CC=C)C(=O)NC[C@H]1CCCN(C(C)C)C1. The molecule has 1 heterocycles.